The molecule has 0 aliphatic carbocycles. The molecule has 15 heteroatoms. The van der Waals surface area contributed by atoms with E-state index in [-0.39, 0.29) is 45.4 Å². The Morgan fingerprint density at radius 3 is 2.43 bits per heavy atom. The Kier molecular flexibility index (Phi) is 9.09. The number of carbonyl (C=O) groups is 2. The fraction of sp³-hybridized carbons (Fsp3) is 0.265. The maximum absolute atomic E-state index is 15.1. The van der Waals surface area contributed by atoms with Crippen molar-refractivity contribution in [3.63, 3.8) is 0 Å². The molecule has 4 aromatic rings. The molecule has 3 heterocycles. The van der Waals surface area contributed by atoms with Crippen LogP contribution in [0.4, 0.5) is 11.5 Å². The lowest BCUT2D eigenvalue weighted by atomic mass is 9.73. The van der Waals surface area contributed by atoms with Crippen LogP contribution in [-0.4, -0.2) is 82.2 Å². The van der Waals surface area contributed by atoms with E-state index in [1.54, 1.807) is 54.8 Å². The van der Waals surface area contributed by atoms with Crippen molar-refractivity contribution in [3.8, 4) is 23.3 Å². The summed E-state index contributed by atoms with van der Waals surface area (Å²) in [7, 11) is -2.01. The zero-order valence-corrected chi connectivity index (χ0v) is 27.8. The van der Waals surface area contributed by atoms with E-state index in [1.807, 2.05) is 4.90 Å². The number of anilines is 2. The number of piperazine rings is 1. The number of nitrogens with one attached hydrogen (secondary N) is 1. The first-order chi connectivity index (χ1) is 23.7. The molecule has 2 aliphatic rings. The monoisotopic (exact) mass is 683 g/mol. The van der Waals surface area contributed by atoms with Gasteiger partial charge >= 0.3 is 0 Å². The van der Waals surface area contributed by atoms with Gasteiger partial charge in [-0.2, -0.15) is 5.26 Å². The molecular weight excluding hydrogens is 650 g/mol. The van der Waals surface area contributed by atoms with Crippen molar-refractivity contribution >= 4 is 33.3 Å². The Balaban J connectivity index is 1.50. The van der Waals surface area contributed by atoms with Gasteiger partial charge in [0.15, 0.2) is 5.41 Å². The van der Waals surface area contributed by atoms with Gasteiger partial charge < -0.3 is 19.1 Å². The molecule has 2 amide bonds. The molecule has 0 saturated carbocycles. The quantitative estimate of drug-likeness (QED) is 0.243. The average Bonchev–Trinajstić information content (AvgIpc) is 3.40. The minimum Gasteiger partial charge on any atom is -0.497 e. The topological polar surface area (TPSA) is 167 Å². The van der Waals surface area contributed by atoms with E-state index in [2.05, 4.69) is 21.5 Å². The molecule has 252 valence electrons. The fourth-order valence-corrected chi connectivity index (χ4v) is 7.78. The molecule has 1 unspecified atom stereocenters. The highest BCUT2D eigenvalue weighted by Crippen LogP contribution is 2.51. The maximum Gasteiger partial charge on any atom is 0.274 e. The van der Waals surface area contributed by atoms with E-state index in [4.69, 9.17) is 14.2 Å². The van der Waals surface area contributed by atoms with Crippen LogP contribution in [0.2, 0.25) is 0 Å². The number of aromatic nitrogens is 2. The van der Waals surface area contributed by atoms with Crippen molar-refractivity contribution in [2.75, 3.05) is 56.2 Å². The molecule has 6 rings (SSSR count). The lowest BCUT2D eigenvalue weighted by molar-refractivity contribution is -0.136. The molecule has 1 aromatic heterocycles. The summed E-state index contributed by atoms with van der Waals surface area (Å²) in [4.78, 5) is 40.2. The van der Waals surface area contributed by atoms with Crippen LogP contribution in [0.15, 0.2) is 84.1 Å². The van der Waals surface area contributed by atoms with Gasteiger partial charge in [0, 0.05) is 55.8 Å². The Bertz CT molecular complexity index is 2050. The van der Waals surface area contributed by atoms with Crippen LogP contribution < -0.4 is 28.8 Å². The van der Waals surface area contributed by atoms with Gasteiger partial charge in [0.05, 0.1) is 44.3 Å². The van der Waals surface area contributed by atoms with Crippen molar-refractivity contribution in [2.45, 2.75) is 17.2 Å². The number of carbonyl (C=O) groups excluding carboxylic acids is 2. The predicted octanol–water partition coefficient (Wildman–Crippen LogP) is 2.64. The Labute approximate surface area is 283 Å². The van der Waals surface area contributed by atoms with Crippen LogP contribution in [0.1, 0.15) is 23.6 Å². The van der Waals surface area contributed by atoms with Gasteiger partial charge in [0.1, 0.15) is 28.0 Å². The highest BCUT2D eigenvalue weighted by Gasteiger charge is 2.62. The third-order valence-electron chi connectivity index (χ3n) is 8.49. The minimum absolute atomic E-state index is 0.00968. The maximum atomic E-state index is 15.1. The third-order valence-corrected chi connectivity index (χ3v) is 10.2. The summed E-state index contributed by atoms with van der Waals surface area (Å²) in [6.45, 7) is 3.64. The normalized spacial score (nSPS) is 17.6. The number of nitrogens with zero attached hydrogens (tertiary/aromatic N) is 6. The summed E-state index contributed by atoms with van der Waals surface area (Å²) in [5.41, 5.74) is 0.783. The molecule has 0 radical (unpaired) electrons. The average molecular weight is 684 g/mol. The van der Waals surface area contributed by atoms with E-state index >= 15 is 4.79 Å². The van der Waals surface area contributed by atoms with Gasteiger partial charge in [-0.05, 0) is 43.3 Å². The molecule has 49 heavy (non-hydrogen) atoms. The molecular formula is C34H33N7O7S. The number of nitriles is 1. The number of methoxy groups -OCH3 is 2. The largest absolute Gasteiger partial charge is 0.497 e. The second-order valence-corrected chi connectivity index (χ2v) is 12.8. The van der Waals surface area contributed by atoms with E-state index in [9.17, 15) is 18.5 Å². The molecule has 0 bridgehead atoms. The Morgan fingerprint density at radius 2 is 1.76 bits per heavy atom. The van der Waals surface area contributed by atoms with Crippen LogP contribution in [0.25, 0.3) is 0 Å². The number of benzene rings is 3. The predicted molar refractivity (Wildman–Crippen MR) is 178 cm³/mol. The summed E-state index contributed by atoms with van der Waals surface area (Å²) in [5, 5.41) is 11.6. The van der Waals surface area contributed by atoms with Gasteiger partial charge in [-0.15, -0.1) is 0 Å². The van der Waals surface area contributed by atoms with E-state index in [0.29, 0.717) is 42.1 Å². The molecule has 1 atom stereocenters. The second-order valence-electron chi connectivity index (χ2n) is 11.1. The molecule has 3 aromatic carbocycles. The van der Waals surface area contributed by atoms with E-state index < -0.39 is 27.3 Å². The summed E-state index contributed by atoms with van der Waals surface area (Å²) < 4.78 is 46.4. The van der Waals surface area contributed by atoms with Gasteiger partial charge in [-0.3, -0.25) is 20.0 Å². The van der Waals surface area contributed by atoms with Crippen molar-refractivity contribution in [1.82, 2.24) is 20.4 Å². The standard InChI is InChI=1S/C34H33N7O7S/c1-4-48-28-8-6-5-7-25(28)34(32(42)38-40-17-15-39(16-18-40)31-22-36-13-14-37-31)26-19-23(21-35)9-11-27(26)41(33(34)43)49(44,45)30-12-10-24(46-2)20-29(30)47-3/h5-14,19-20,22H,4,15-18H2,1-3H3,(H,38,42). The van der Waals surface area contributed by atoms with Crippen molar-refractivity contribution in [3.05, 3.63) is 95.9 Å². The van der Waals surface area contributed by atoms with E-state index in [0.717, 1.165) is 0 Å². The number of hydrogen-bond donors (Lipinski definition) is 1. The zero-order valence-electron chi connectivity index (χ0n) is 27.0. The molecule has 2 aliphatic heterocycles. The number of hydrogen-bond acceptors (Lipinski definition) is 12. The number of rotatable bonds is 10. The van der Waals surface area contributed by atoms with Gasteiger partial charge in [-0.1, -0.05) is 18.2 Å². The van der Waals surface area contributed by atoms with Gasteiger partial charge in [0.25, 0.3) is 21.8 Å². The first kappa shape index (κ1) is 33.2. The minimum atomic E-state index is -4.73. The molecule has 1 fully saturated rings. The highest BCUT2D eigenvalue weighted by atomic mass is 32.2. The second kappa shape index (κ2) is 13.4. The van der Waals surface area contributed by atoms with Gasteiger partial charge in [0.2, 0.25) is 0 Å². The summed E-state index contributed by atoms with van der Waals surface area (Å²) >= 11 is 0. The molecule has 1 N–H and O–H groups in total. The summed E-state index contributed by atoms with van der Waals surface area (Å²) in [6.07, 6.45) is 4.84. The Hall–Kier alpha value is -5.72. The number of ether oxygens (including phenoxy) is 3. The molecule has 1 saturated heterocycles. The lowest BCUT2D eigenvalue weighted by Crippen LogP contribution is -2.60. The third kappa shape index (κ3) is 5.64. The van der Waals surface area contributed by atoms with Crippen LogP contribution >= 0.6 is 0 Å². The van der Waals surface area contributed by atoms with Gasteiger partial charge in [-0.25, -0.2) is 22.7 Å². The smallest absolute Gasteiger partial charge is 0.274 e. The first-order valence-electron chi connectivity index (χ1n) is 15.4. The number of sulfonamides is 1. The number of para-hydroxylation sites is 1. The number of hydrazine groups is 1. The summed E-state index contributed by atoms with van der Waals surface area (Å²) in [5.74, 6) is -0.724. The lowest BCUT2D eigenvalue weighted by Gasteiger charge is -2.37. The number of amides is 2. The molecule has 0 spiro atoms. The van der Waals surface area contributed by atoms with Crippen LogP contribution in [0, 0.1) is 11.3 Å². The fourth-order valence-electron chi connectivity index (χ4n) is 6.17. The van der Waals surface area contributed by atoms with Crippen molar-refractivity contribution in [2.24, 2.45) is 0 Å². The van der Waals surface area contributed by atoms with Crippen molar-refractivity contribution in [1.29, 1.82) is 5.26 Å². The Morgan fingerprint density at radius 1 is 0.980 bits per heavy atom. The first-order valence-corrected chi connectivity index (χ1v) is 16.8. The SMILES string of the molecule is CCOc1ccccc1C1(C(=O)NN2CCN(c3cnccn3)CC2)C(=O)N(S(=O)(=O)c2ccc(OC)cc2OC)c2ccc(C#N)cc21. The van der Waals surface area contributed by atoms with Crippen molar-refractivity contribution < 1.29 is 32.2 Å². The number of fused-ring (bicyclic) bond motifs is 1. The molecule has 14 nitrogen and oxygen atoms in total. The zero-order chi connectivity index (χ0) is 34.8. The van der Waals surface area contributed by atoms with Crippen LogP contribution in [-0.2, 0) is 25.0 Å². The summed E-state index contributed by atoms with van der Waals surface area (Å²) in [6, 6.07) is 16.8. The van der Waals surface area contributed by atoms with E-state index in [1.165, 1.54) is 50.6 Å². The van der Waals surface area contributed by atoms with Crippen LogP contribution in [0.5, 0.6) is 17.2 Å². The van der Waals surface area contributed by atoms with Crippen LogP contribution in [0.3, 0.4) is 0 Å². The highest BCUT2D eigenvalue weighted by molar-refractivity contribution is 7.93.